The van der Waals surface area contributed by atoms with Gasteiger partial charge in [0.15, 0.2) is 0 Å². The van der Waals surface area contributed by atoms with Crippen molar-refractivity contribution >= 4 is 31.7 Å². The summed E-state index contributed by atoms with van der Waals surface area (Å²) in [6.45, 7) is 11.9. The van der Waals surface area contributed by atoms with Crippen LogP contribution in [0, 0.1) is 0 Å². The number of allylic oxidation sites excluding steroid dienone is 8. The summed E-state index contributed by atoms with van der Waals surface area (Å²) in [6, 6.07) is 0. The van der Waals surface area contributed by atoms with Crippen molar-refractivity contribution in [3.63, 3.8) is 0 Å². The molecule has 2 aliphatic carbocycles. The molecule has 0 saturated carbocycles. The average molecular weight is 579 g/mol. The molecule has 0 unspecified atom stereocenters. The number of hydrogen-bond acceptors (Lipinski definition) is 0. The molecule has 0 aliphatic heterocycles. The molecule has 4 heteroatoms. The minimum atomic E-state index is -3.13. The van der Waals surface area contributed by atoms with Crippen LogP contribution in [0.5, 0.6) is 0 Å². The Balaban J connectivity index is 0.00000480. The Morgan fingerprint density at radius 1 is 0.625 bits per heavy atom. The van der Waals surface area contributed by atoms with Crippen LogP contribution in [0.1, 0.15) is 118 Å². The average Bonchev–Trinajstić information content (AvgIpc) is 3.32. The number of unbranched alkanes of at least 4 members (excludes halogenated alkanes) is 4. The second kappa shape index (κ2) is 14.9. The Bertz CT molecular complexity index is 732. The molecule has 32 heavy (non-hydrogen) atoms. The third-order valence-corrected chi connectivity index (χ3v) is 24.6. The third kappa shape index (κ3) is 8.39. The van der Waals surface area contributed by atoms with Crippen LogP contribution in [0.3, 0.4) is 0 Å². The van der Waals surface area contributed by atoms with Gasteiger partial charge in [0.2, 0.25) is 0 Å². The van der Waals surface area contributed by atoms with Crippen LogP contribution in [0.15, 0.2) is 41.0 Å². The minimum Gasteiger partial charge on any atom is -0.147 e. The zero-order valence-corrected chi connectivity index (χ0v) is 27.6. The van der Waals surface area contributed by atoms with E-state index in [1.807, 2.05) is 6.56 Å². The van der Waals surface area contributed by atoms with Gasteiger partial charge in [0.1, 0.15) is 0 Å². The number of halogens is 2. The van der Waals surface area contributed by atoms with Crippen molar-refractivity contribution in [3.05, 3.63) is 41.0 Å². The van der Waals surface area contributed by atoms with E-state index in [4.69, 9.17) is 0 Å². The van der Waals surface area contributed by atoms with Crippen LogP contribution in [0.4, 0.5) is 0 Å². The van der Waals surface area contributed by atoms with Gasteiger partial charge in [-0.25, -0.2) is 0 Å². The molecule has 0 heterocycles. The Kier molecular flexibility index (Phi) is 15.2. The van der Waals surface area contributed by atoms with Gasteiger partial charge in [-0.15, -0.1) is 24.8 Å². The predicted molar refractivity (Wildman–Crippen MR) is 152 cm³/mol. The Morgan fingerprint density at radius 2 is 0.938 bits per heavy atom. The van der Waals surface area contributed by atoms with Gasteiger partial charge in [-0.05, 0) is 0 Å². The molecule has 0 radical (unpaired) electrons. The van der Waals surface area contributed by atoms with Gasteiger partial charge in [0.05, 0.1) is 0 Å². The van der Waals surface area contributed by atoms with Crippen molar-refractivity contribution in [2.24, 2.45) is 0 Å². The first kappa shape index (κ1) is 32.6. The second-order valence-electron chi connectivity index (χ2n) is 11.1. The summed E-state index contributed by atoms with van der Waals surface area (Å²) in [5.74, 6) is 0. The molecule has 186 valence electrons. The maximum atomic E-state index is 2.79. The molecule has 0 aromatic heterocycles. The monoisotopic (exact) mass is 576 g/mol. The molecule has 0 amide bonds. The smallest absolute Gasteiger partial charge is 0.147 e. The van der Waals surface area contributed by atoms with Gasteiger partial charge < -0.3 is 0 Å². The standard InChI is InChI=1S/2C13H21.2CH3.2ClH.H2Si.Zr/c2*1-3-5-7-12-9-10-13(11-12)8-6-4-2;;;;;;/h2*11H,3-9H2,1-2H3;2*1H3;2*1H;1H2;. The molecule has 0 aromatic carbocycles. The van der Waals surface area contributed by atoms with Crippen LogP contribution in [0.25, 0.3) is 0 Å². The van der Waals surface area contributed by atoms with Crippen molar-refractivity contribution in [2.75, 3.05) is 0 Å². The molecule has 0 atom stereocenters. The van der Waals surface area contributed by atoms with Crippen LogP contribution in [-0.2, 0) is 17.4 Å². The molecule has 0 bridgehead atoms. The minimum absolute atomic E-state index is 0. The van der Waals surface area contributed by atoms with Gasteiger partial charge in [-0.2, -0.15) is 0 Å². The van der Waals surface area contributed by atoms with Crippen LogP contribution < -0.4 is 0 Å². The van der Waals surface area contributed by atoms with Gasteiger partial charge in [-0.1, -0.05) is 0 Å². The van der Waals surface area contributed by atoms with E-state index in [2.05, 4.69) is 56.0 Å². The fourth-order valence-corrected chi connectivity index (χ4v) is 20.5. The summed E-state index contributed by atoms with van der Waals surface area (Å²) in [5.41, 5.74) is 7.05. The molecule has 0 saturated heterocycles. The summed E-state index contributed by atoms with van der Waals surface area (Å²) >= 11 is -3.13. The zero-order valence-electron chi connectivity index (χ0n) is 22.1. The largest absolute Gasteiger partial charge is 0.147 e. The van der Waals surface area contributed by atoms with Crippen molar-refractivity contribution in [1.82, 2.24) is 0 Å². The Hall–Kier alpha value is 0.640. The van der Waals surface area contributed by atoms with Gasteiger partial charge in [0.25, 0.3) is 0 Å². The Labute approximate surface area is 215 Å². The van der Waals surface area contributed by atoms with E-state index in [0.717, 1.165) is 0 Å². The van der Waals surface area contributed by atoms with E-state index in [-0.39, 0.29) is 24.8 Å². The Morgan fingerprint density at radius 3 is 1.25 bits per heavy atom. The maximum Gasteiger partial charge on any atom is -0.147 e. The second-order valence-corrected chi connectivity index (χ2v) is 39.8. The molecular formula is C28H52Cl2SiZr. The van der Waals surface area contributed by atoms with E-state index in [9.17, 15) is 0 Å². The number of hydrogen-bond donors (Lipinski definition) is 0. The summed E-state index contributed by atoms with van der Waals surface area (Å²) in [4.78, 5) is 0. The molecule has 2 rings (SSSR count). The summed E-state index contributed by atoms with van der Waals surface area (Å²) in [6.07, 6.45) is 23.9. The van der Waals surface area contributed by atoms with Gasteiger partial charge >= 0.3 is 192 Å². The van der Waals surface area contributed by atoms with Crippen molar-refractivity contribution in [2.45, 2.75) is 127 Å². The maximum absolute atomic E-state index is 3.13. The first-order chi connectivity index (χ1) is 14.3. The van der Waals surface area contributed by atoms with Crippen LogP contribution >= 0.6 is 24.8 Å². The van der Waals surface area contributed by atoms with Crippen LogP contribution in [0.2, 0.25) is 9.26 Å². The molecular weight excluding hydrogens is 527 g/mol. The molecule has 0 fully saturated rings. The molecule has 0 aromatic rings. The van der Waals surface area contributed by atoms with E-state index < -0.39 is 17.4 Å². The van der Waals surface area contributed by atoms with E-state index in [1.54, 1.807) is 22.3 Å². The van der Waals surface area contributed by atoms with Crippen molar-refractivity contribution < 1.29 is 17.4 Å². The summed E-state index contributed by atoms with van der Waals surface area (Å²) < 4.78 is 9.50. The number of rotatable bonds is 14. The van der Waals surface area contributed by atoms with Gasteiger partial charge in [-0.3, -0.25) is 0 Å². The SMILES string of the molecule is CCCCC1=CC(CCCC)=[C]([Zr]([CH3])([CH3])(=[SiH2])[C]2=C(CCCC)C=C(CCCC)C2)C1.Cl.Cl. The normalized spacial score (nSPS) is 16.7. The molecule has 0 spiro atoms. The first-order valence-electron chi connectivity index (χ1n) is 13.2. The van der Waals surface area contributed by atoms with Crippen molar-refractivity contribution in [1.29, 1.82) is 0 Å². The van der Waals surface area contributed by atoms with Crippen LogP contribution in [-0.4, -0.2) is 6.88 Å². The van der Waals surface area contributed by atoms with E-state index in [1.165, 1.54) is 89.9 Å². The quantitative estimate of drug-likeness (QED) is 0.180. The summed E-state index contributed by atoms with van der Waals surface area (Å²) in [5, 5.41) is 0. The third-order valence-electron chi connectivity index (χ3n) is 7.58. The predicted octanol–water partition coefficient (Wildman–Crippen LogP) is 10.1. The van der Waals surface area contributed by atoms with E-state index >= 15 is 0 Å². The topological polar surface area (TPSA) is 0 Å². The van der Waals surface area contributed by atoms with Gasteiger partial charge in [0, 0.05) is 0 Å². The van der Waals surface area contributed by atoms with Crippen molar-refractivity contribution in [3.8, 4) is 0 Å². The zero-order chi connectivity index (χ0) is 22.2. The first-order valence-corrected chi connectivity index (χ1v) is 26.5. The molecule has 0 N–H and O–H groups in total. The molecule has 0 nitrogen and oxygen atoms in total. The summed E-state index contributed by atoms with van der Waals surface area (Å²) in [7, 11) is 0. The van der Waals surface area contributed by atoms with E-state index in [0.29, 0.717) is 0 Å². The fourth-order valence-electron chi connectivity index (χ4n) is 5.54. The molecule has 2 aliphatic rings. The fraction of sp³-hybridized carbons (Fsp3) is 0.714.